The first-order valence-electron chi connectivity index (χ1n) is 5.64. The van der Waals surface area contributed by atoms with Crippen LogP contribution >= 0.6 is 0 Å². The zero-order valence-electron chi connectivity index (χ0n) is 10.0. The van der Waals surface area contributed by atoms with Crippen molar-refractivity contribution in [1.82, 2.24) is 4.90 Å². The number of primary amides is 1. The van der Waals surface area contributed by atoms with Crippen LogP contribution in [-0.2, 0) is 14.4 Å². The predicted octanol–water partition coefficient (Wildman–Crippen LogP) is -0.180. The number of nitrogens with two attached hydrogens (primary N) is 1. The van der Waals surface area contributed by atoms with Crippen molar-refractivity contribution in [3.05, 3.63) is 0 Å². The van der Waals surface area contributed by atoms with Crippen LogP contribution in [0.5, 0.6) is 0 Å². The van der Waals surface area contributed by atoms with Gasteiger partial charge in [0.2, 0.25) is 11.8 Å². The highest BCUT2D eigenvalue weighted by Gasteiger charge is 2.39. The number of rotatable bonds is 5. The zero-order chi connectivity index (χ0) is 13.2. The Morgan fingerprint density at radius 2 is 2.12 bits per heavy atom. The van der Waals surface area contributed by atoms with Gasteiger partial charge in [0.15, 0.2) is 0 Å². The third kappa shape index (κ3) is 3.18. The Bertz CT molecular complexity index is 340. The fraction of sp³-hybridized carbons (Fsp3) is 0.727. The van der Waals surface area contributed by atoms with Gasteiger partial charge in [-0.1, -0.05) is 13.8 Å². The lowest BCUT2D eigenvalue weighted by Crippen LogP contribution is -2.43. The number of amides is 2. The highest BCUT2D eigenvalue weighted by atomic mass is 16.4. The second-order valence-electron chi connectivity index (χ2n) is 4.83. The predicted molar refractivity (Wildman–Crippen MR) is 59.9 cm³/mol. The van der Waals surface area contributed by atoms with Gasteiger partial charge in [-0.15, -0.1) is 0 Å². The summed E-state index contributed by atoms with van der Waals surface area (Å²) in [6.07, 6.45) is 0.407. The number of likely N-dealkylation sites (tertiary alicyclic amines) is 1. The molecule has 1 heterocycles. The van der Waals surface area contributed by atoms with Crippen molar-refractivity contribution in [3.8, 4) is 0 Å². The van der Waals surface area contributed by atoms with Gasteiger partial charge in [0.25, 0.3) is 0 Å². The Kier molecular flexibility index (Phi) is 4.09. The maximum absolute atomic E-state index is 11.7. The lowest BCUT2D eigenvalue weighted by molar-refractivity contribution is -0.149. The van der Waals surface area contributed by atoms with Crippen LogP contribution in [-0.4, -0.2) is 40.4 Å². The van der Waals surface area contributed by atoms with E-state index < -0.39 is 23.8 Å². The maximum Gasteiger partial charge on any atom is 0.326 e. The number of aliphatic carboxylic acids is 1. The molecule has 0 aliphatic carbocycles. The molecule has 2 unspecified atom stereocenters. The summed E-state index contributed by atoms with van der Waals surface area (Å²) in [6.45, 7) is 3.90. The lowest BCUT2D eigenvalue weighted by atomic mass is 10.0. The molecule has 1 aliphatic rings. The van der Waals surface area contributed by atoms with Crippen LogP contribution in [0.4, 0.5) is 0 Å². The number of carboxylic acid groups (broad SMARTS) is 1. The van der Waals surface area contributed by atoms with E-state index in [-0.39, 0.29) is 24.8 Å². The molecule has 0 radical (unpaired) electrons. The molecular weight excluding hydrogens is 224 g/mol. The first kappa shape index (κ1) is 13.5. The monoisotopic (exact) mass is 242 g/mol. The topological polar surface area (TPSA) is 101 Å². The van der Waals surface area contributed by atoms with Crippen LogP contribution in [0.1, 0.15) is 26.7 Å². The fourth-order valence-electron chi connectivity index (χ4n) is 2.03. The number of carbonyl (C=O) groups is 3. The molecule has 1 rings (SSSR count). The number of hydrogen-bond acceptors (Lipinski definition) is 3. The van der Waals surface area contributed by atoms with E-state index in [0.29, 0.717) is 6.42 Å². The van der Waals surface area contributed by atoms with Crippen LogP contribution in [0.15, 0.2) is 0 Å². The SMILES string of the molecule is CC(C)CC(C(=O)O)N1CC(C(N)=O)CC1=O. The van der Waals surface area contributed by atoms with Gasteiger partial charge in [0.05, 0.1) is 5.92 Å². The molecule has 6 heteroatoms. The Morgan fingerprint density at radius 1 is 1.53 bits per heavy atom. The number of nitrogens with zero attached hydrogens (tertiary/aromatic N) is 1. The van der Waals surface area contributed by atoms with Crippen molar-refractivity contribution in [3.63, 3.8) is 0 Å². The van der Waals surface area contributed by atoms with Gasteiger partial charge in [-0.25, -0.2) is 4.79 Å². The third-order valence-electron chi connectivity index (χ3n) is 2.92. The van der Waals surface area contributed by atoms with Crippen molar-refractivity contribution < 1.29 is 19.5 Å². The van der Waals surface area contributed by atoms with Gasteiger partial charge < -0.3 is 15.7 Å². The van der Waals surface area contributed by atoms with Gasteiger partial charge in [-0.2, -0.15) is 0 Å². The Hall–Kier alpha value is -1.59. The molecule has 0 aromatic heterocycles. The standard InChI is InChI=1S/C11H18N2O4/c1-6(2)3-8(11(16)17)13-5-7(10(12)15)4-9(13)14/h6-8H,3-5H2,1-2H3,(H2,12,15)(H,16,17). The lowest BCUT2D eigenvalue weighted by Gasteiger charge is -2.25. The van der Waals surface area contributed by atoms with Crippen molar-refractivity contribution in [2.75, 3.05) is 6.54 Å². The first-order chi connectivity index (χ1) is 7.82. The summed E-state index contributed by atoms with van der Waals surface area (Å²) >= 11 is 0. The molecule has 0 aromatic carbocycles. The maximum atomic E-state index is 11.7. The summed E-state index contributed by atoms with van der Waals surface area (Å²) in [6, 6.07) is -0.855. The molecule has 96 valence electrons. The smallest absolute Gasteiger partial charge is 0.326 e. The molecule has 0 bridgehead atoms. The summed E-state index contributed by atoms with van der Waals surface area (Å²) in [4.78, 5) is 35.1. The van der Waals surface area contributed by atoms with Gasteiger partial charge in [0, 0.05) is 13.0 Å². The van der Waals surface area contributed by atoms with Crippen LogP contribution in [0.2, 0.25) is 0 Å². The Balaban J connectivity index is 2.78. The second kappa shape index (κ2) is 5.16. The van der Waals surface area contributed by atoms with Gasteiger partial charge in [-0.3, -0.25) is 9.59 Å². The molecule has 0 aromatic rings. The molecule has 6 nitrogen and oxygen atoms in total. The van der Waals surface area contributed by atoms with E-state index in [1.54, 1.807) is 0 Å². The highest BCUT2D eigenvalue weighted by molar-refractivity contribution is 5.91. The average Bonchev–Trinajstić information content (AvgIpc) is 2.56. The Labute approximate surface area is 99.8 Å². The van der Waals surface area contributed by atoms with E-state index in [1.165, 1.54) is 4.90 Å². The summed E-state index contributed by atoms with van der Waals surface area (Å²) in [5.74, 6) is -2.28. The van der Waals surface area contributed by atoms with Crippen molar-refractivity contribution in [1.29, 1.82) is 0 Å². The largest absolute Gasteiger partial charge is 0.480 e. The van der Waals surface area contributed by atoms with Gasteiger partial charge in [-0.05, 0) is 12.3 Å². The Morgan fingerprint density at radius 3 is 2.47 bits per heavy atom. The average molecular weight is 242 g/mol. The van der Waals surface area contributed by atoms with Crippen LogP contribution in [0.25, 0.3) is 0 Å². The zero-order valence-corrected chi connectivity index (χ0v) is 10.0. The van der Waals surface area contributed by atoms with Gasteiger partial charge in [0.1, 0.15) is 6.04 Å². The molecule has 1 saturated heterocycles. The highest BCUT2D eigenvalue weighted by Crippen LogP contribution is 2.23. The normalized spacial score (nSPS) is 21.9. The molecule has 0 saturated carbocycles. The summed E-state index contributed by atoms with van der Waals surface area (Å²) in [5, 5.41) is 9.12. The molecule has 17 heavy (non-hydrogen) atoms. The van der Waals surface area contributed by atoms with E-state index in [0.717, 1.165) is 0 Å². The molecule has 2 atom stereocenters. The fourth-order valence-corrected chi connectivity index (χ4v) is 2.03. The number of hydrogen-bond donors (Lipinski definition) is 2. The second-order valence-corrected chi connectivity index (χ2v) is 4.83. The minimum absolute atomic E-state index is 0.0250. The first-order valence-corrected chi connectivity index (χ1v) is 5.64. The molecule has 3 N–H and O–H groups in total. The quantitative estimate of drug-likeness (QED) is 0.698. The minimum atomic E-state index is -1.03. The molecular formula is C11H18N2O4. The van der Waals surface area contributed by atoms with Crippen molar-refractivity contribution in [2.45, 2.75) is 32.7 Å². The summed E-state index contributed by atoms with van der Waals surface area (Å²) < 4.78 is 0. The summed E-state index contributed by atoms with van der Waals surface area (Å²) in [7, 11) is 0. The number of carbonyl (C=O) groups excluding carboxylic acids is 2. The van der Waals surface area contributed by atoms with Crippen LogP contribution < -0.4 is 5.73 Å². The van der Waals surface area contributed by atoms with Crippen LogP contribution in [0, 0.1) is 11.8 Å². The van der Waals surface area contributed by atoms with E-state index >= 15 is 0 Å². The van der Waals surface area contributed by atoms with Gasteiger partial charge >= 0.3 is 5.97 Å². The minimum Gasteiger partial charge on any atom is -0.480 e. The van der Waals surface area contributed by atoms with Crippen molar-refractivity contribution >= 4 is 17.8 Å². The molecule has 1 fully saturated rings. The van der Waals surface area contributed by atoms with E-state index in [1.807, 2.05) is 13.8 Å². The third-order valence-corrected chi connectivity index (χ3v) is 2.92. The molecule has 1 aliphatic heterocycles. The number of carboxylic acids is 1. The molecule has 0 spiro atoms. The summed E-state index contributed by atoms with van der Waals surface area (Å²) in [5.41, 5.74) is 5.13. The van der Waals surface area contributed by atoms with E-state index in [2.05, 4.69) is 0 Å². The van der Waals surface area contributed by atoms with Crippen molar-refractivity contribution in [2.24, 2.45) is 17.6 Å². The van der Waals surface area contributed by atoms with E-state index in [9.17, 15) is 14.4 Å². The molecule has 2 amide bonds. The van der Waals surface area contributed by atoms with Crippen LogP contribution in [0.3, 0.4) is 0 Å². The van der Waals surface area contributed by atoms with E-state index in [4.69, 9.17) is 10.8 Å².